The van der Waals surface area contributed by atoms with E-state index in [0.29, 0.717) is 5.92 Å². The van der Waals surface area contributed by atoms with Gasteiger partial charge in [-0.25, -0.2) is 0 Å². The number of rotatable bonds is 15. The second kappa shape index (κ2) is 14.8. The molecule has 0 bridgehead atoms. The van der Waals surface area contributed by atoms with E-state index < -0.39 is 0 Å². The number of hydrogen-bond donors (Lipinski definition) is 1. The van der Waals surface area contributed by atoms with Crippen LogP contribution < -0.4 is 10.5 Å². The highest BCUT2D eigenvalue weighted by Gasteiger charge is 2.17. The summed E-state index contributed by atoms with van der Waals surface area (Å²) in [7, 11) is 3.93. The Hall–Kier alpha value is -1.18. The molecule has 1 fully saturated rings. The fourth-order valence-corrected chi connectivity index (χ4v) is 4.43. The van der Waals surface area contributed by atoms with Crippen molar-refractivity contribution in [2.45, 2.75) is 33.2 Å². The van der Waals surface area contributed by atoms with E-state index >= 15 is 0 Å². The zero-order chi connectivity index (χ0) is 22.5. The average molecular weight is 434 g/mol. The van der Waals surface area contributed by atoms with Crippen LogP contribution in [-0.4, -0.2) is 106 Å². The lowest BCUT2D eigenvalue weighted by Gasteiger charge is -2.35. The summed E-state index contributed by atoms with van der Waals surface area (Å²) in [5, 5.41) is 0. The third-order valence-corrected chi connectivity index (χ3v) is 6.11. The van der Waals surface area contributed by atoms with Gasteiger partial charge in [-0.15, -0.1) is 0 Å². The van der Waals surface area contributed by atoms with Crippen LogP contribution in [0.1, 0.15) is 32.3 Å². The summed E-state index contributed by atoms with van der Waals surface area (Å²) in [6.45, 7) is 18.1. The second-order valence-electron chi connectivity index (χ2n) is 9.46. The third-order valence-electron chi connectivity index (χ3n) is 6.11. The number of benzene rings is 1. The topological polar surface area (TPSA) is 48.2 Å². The molecular weight excluding hydrogens is 386 g/mol. The van der Waals surface area contributed by atoms with Crippen LogP contribution >= 0.6 is 0 Å². The SMILES string of the molecule is COc1ccc(CN(C)CCCN2CCN(CCCN(CCN)CC(C)C)CC2)cc1. The van der Waals surface area contributed by atoms with E-state index in [1.165, 1.54) is 64.2 Å². The molecule has 1 aromatic carbocycles. The van der Waals surface area contributed by atoms with E-state index in [9.17, 15) is 0 Å². The fourth-order valence-electron chi connectivity index (χ4n) is 4.43. The summed E-state index contributed by atoms with van der Waals surface area (Å²) in [6.07, 6.45) is 2.48. The van der Waals surface area contributed by atoms with Crippen molar-refractivity contribution in [3.63, 3.8) is 0 Å². The Morgan fingerprint density at radius 3 is 2.03 bits per heavy atom. The van der Waals surface area contributed by atoms with Gasteiger partial charge in [-0.2, -0.15) is 0 Å². The molecule has 1 aromatic rings. The van der Waals surface area contributed by atoms with Gasteiger partial charge in [-0.1, -0.05) is 26.0 Å². The van der Waals surface area contributed by atoms with E-state index in [0.717, 1.165) is 38.5 Å². The molecule has 2 N–H and O–H groups in total. The molecule has 1 saturated heterocycles. The Kier molecular flexibility index (Phi) is 12.4. The van der Waals surface area contributed by atoms with Gasteiger partial charge < -0.3 is 30.1 Å². The number of piperazine rings is 1. The highest BCUT2D eigenvalue weighted by molar-refractivity contribution is 5.27. The van der Waals surface area contributed by atoms with E-state index in [4.69, 9.17) is 10.5 Å². The summed E-state index contributed by atoms with van der Waals surface area (Å²) in [4.78, 5) is 10.2. The van der Waals surface area contributed by atoms with Crippen molar-refractivity contribution in [2.75, 3.05) is 86.1 Å². The van der Waals surface area contributed by atoms with Crippen molar-refractivity contribution in [1.82, 2.24) is 19.6 Å². The van der Waals surface area contributed by atoms with E-state index in [1.807, 2.05) is 12.1 Å². The number of ether oxygens (including phenoxy) is 1. The largest absolute Gasteiger partial charge is 0.497 e. The van der Waals surface area contributed by atoms with Gasteiger partial charge >= 0.3 is 0 Å². The smallest absolute Gasteiger partial charge is 0.118 e. The quantitative estimate of drug-likeness (QED) is 0.458. The number of hydrogen-bond acceptors (Lipinski definition) is 6. The summed E-state index contributed by atoms with van der Waals surface area (Å²) >= 11 is 0. The molecule has 6 nitrogen and oxygen atoms in total. The van der Waals surface area contributed by atoms with Crippen LogP contribution in [-0.2, 0) is 6.54 Å². The fraction of sp³-hybridized carbons (Fsp3) is 0.760. The zero-order valence-corrected chi connectivity index (χ0v) is 20.6. The molecular formula is C25H47N5O. The lowest BCUT2D eigenvalue weighted by Crippen LogP contribution is -2.47. The molecule has 0 atom stereocenters. The first-order valence-corrected chi connectivity index (χ1v) is 12.2. The highest BCUT2D eigenvalue weighted by Crippen LogP contribution is 2.13. The van der Waals surface area contributed by atoms with Crippen LogP contribution in [0, 0.1) is 5.92 Å². The van der Waals surface area contributed by atoms with Crippen molar-refractivity contribution in [1.29, 1.82) is 0 Å². The second-order valence-corrected chi connectivity index (χ2v) is 9.46. The first-order chi connectivity index (χ1) is 15.0. The van der Waals surface area contributed by atoms with Gasteiger partial charge in [0.05, 0.1) is 7.11 Å². The third kappa shape index (κ3) is 10.8. The van der Waals surface area contributed by atoms with Crippen LogP contribution in [0.5, 0.6) is 5.75 Å². The maximum Gasteiger partial charge on any atom is 0.118 e. The van der Waals surface area contributed by atoms with Crippen LogP contribution in [0.15, 0.2) is 24.3 Å². The Morgan fingerprint density at radius 1 is 0.935 bits per heavy atom. The molecule has 1 aliphatic heterocycles. The molecule has 31 heavy (non-hydrogen) atoms. The van der Waals surface area contributed by atoms with E-state index in [-0.39, 0.29) is 0 Å². The van der Waals surface area contributed by atoms with Crippen molar-refractivity contribution in [3.05, 3.63) is 29.8 Å². The Balaban J connectivity index is 1.55. The highest BCUT2D eigenvalue weighted by atomic mass is 16.5. The monoisotopic (exact) mass is 433 g/mol. The summed E-state index contributed by atoms with van der Waals surface area (Å²) in [5.74, 6) is 1.64. The number of nitrogens with zero attached hydrogens (tertiary/aromatic N) is 4. The van der Waals surface area contributed by atoms with Gasteiger partial charge in [-0.05, 0) is 69.7 Å². The van der Waals surface area contributed by atoms with Crippen LogP contribution in [0.2, 0.25) is 0 Å². The minimum absolute atomic E-state index is 0.713. The molecule has 0 amide bonds. The average Bonchev–Trinajstić information content (AvgIpc) is 2.75. The van der Waals surface area contributed by atoms with E-state index in [2.05, 4.69) is 52.6 Å². The molecule has 0 radical (unpaired) electrons. The maximum atomic E-state index is 5.78. The number of methoxy groups -OCH3 is 1. The van der Waals surface area contributed by atoms with Crippen molar-refractivity contribution < 1.29 is 4.74 Å². The van der Waals surface area contributed by atoms with Gasteiger partial charge in [0.1, 0.15) is 5.75 Å². The normalized spacial score (nSPS) is 16.0. The van der Waals surface area contributed by atoms with Crippen LogP contribution in [0.4, 0.5) is 0 Å². The molecule has 1 heterocycles. The van der Waals surface area contributed by atoms with Crippen molar-refractivity contribution in [2.24, 2.45) is 11.7 Å². The zero-order valence-electron chi connectivity index (χ0n) is 20.6. The first kappa shape index (κ1) is 26.1. The molecule has 0 spiro atoms. The minimum atomic E-state index is 0.713. The summed E-state index contributed by atoms with van der Waals surface area (Å²) in [5.41, 5.74) is 7.12. The van der Waals surface area contributed by atoms with Crippen LogP contribution in [0.3, 0.4) is 0 Å². The Morgan fingerprint density at radius 2 is 1.52 bits per heavy atom. The van der Waals surface area contributed by atoms with Gasteiger partial charge in [0.2, 0.25) is 0 Å². The summed E-state index contributed by atoms with van der Waals surface area (Å²) in [6, 6.07) is 8.41. The Labute approximate surface area is 191 Å². The molecule has 0 aliphatic carbocycles. The van der Waals surface area contributed by atoms with Gasteiger partial charge in [-0.3, -0.25) is 0 Å². The standard InChI is InChI=1S/C25H47N5O/c1-23(2)21-30(16-11-26)15-6-14-29-19-17-28(18-20-29)13-5-12-27(3)22-24-7-9-25(31-4)10-8-24/h7-10,23H,5-6,11-22,26H2,1-4H3. The predicted octanol–water partition coefficient (Wildman–Crippen LogP) is 2.44. The molecule has 1 aliphatic rings. The van der Waals surface area contributed by atoms with Crippen molar-refractivity contribution in [3.8, 4) is 5.75 Å². The lowest BCUT2D eigenvalue weighted by molar-refractivity contribution is 0.122. The predicted molar refractivity (Wildman–Crippen MR) is 132 cm³/mol. The summed E-state index contributed by atoms with van der Waals surface area (Å²) < 4.78 is 5.24. The molecule has 2 rings (SSSR count). The van der Waals surface area contributed by atoms with Gasteiger partial charge in [0, 0.05) is 52.4 Å². The Bertz CT molecular complexity index is 572. The van der Waals surface area contributed by atoms with Crippen molar-refractivity contribution >= 4 is 0 Å². The molecule has 6 heteroatoms. The van der Waals surface area contributed by atoms with Gasteiger partial charge in [0.15, 0.2) is 0 Å². The molecule has 0 saturated carbocycles. The maximum absolute atomic E-state index is 5.78. The number of nitrogens with two attached hydrogens (primary N) is 1. The lowest BCUT2D eigenvalue weighted by atomic mass is 10.2. The van der Waals surface area contributed by atoms with Gasteiger partial charge in [0.25, 0.3) is 0 Å². The first-order valence-electron chi connectivity index (χ1n) is 12.2. The minimum Gasteiger partial charge on any atom is -0.497 e. The van der Waals surface area contributed by atoms with E-state index in [1.54, 1.807) is 7.11 Å². The molecule has 0 aromatic heterocycles. The van der Waals surface area contributed by atoms with Crippen LogP contribution in [0.25, 0.3) is 0 Å². The molecule has 0 unspecified atom stereocenters. The molecule has 178 valence electrons.